The first-order chi connectivity index (χ1) is 4.75. The maximum atomic E-state index is 12.7. The van der Waals surface area contributed by atoms with E-state index in [2.05, 4.69) is 22.2 Å². The van der Waals surface area contributed by atoms with Crippen molar-refractivity contribution in [1.29, 1.82) is 0 Å². The highest BCUT2D eigenvalue weighted by molar-refractivity contribution is 9.10. The van der Waals surface area contributed by atoms with Gasteiger partial charge in [0.15, 0.2) is 0 Å². The highest BCUT2D eigenvalue weighted by atomic mass is 79.9. The van der Waals surface area contributed by atoms with Gasteiger partial charge in [0.25, 0.3) is 0 Å². The molecule has 1 rings (SSSR count). The van der Waals surface area contributed by atoms with Crippen molar-refractivity contribution in [3.05, 3.63) is 34.7 Å². The molecule has 0 fully saturated rings. The maximum Gasteiger partial charge on any atom is 0.138 e. The second-order valence-corrected chi connectivity index (χ2v) is 3.22. The summed E-state index contributed by atoms with van der Waals surface area (Å²) < 4.78 is 13.2. The Morgan fingerprint density at radius 3 is 2.70 bits per heavy atom. The van der Waals surface area contributed by atoms with Crippen molar-refractivity contribution in [1.82, 2.24) is 0 Å². The summed E-state index contributed by atoms with van der Waals surface area (Å²) in [6.07, 6.45) is 3.58. The molecule has 0 bridgehead atoms. The monoisotopic (exact) mass is 219 g/mol. The maximum absolute atomic E-state index is 12.7. The van der Waals surface area contributed by atoms with E-state index in [9.17, 15) is 4.39 Å². The van der Waals surface area contributed by atoms with Gasteiger partial charge in [0.2, 0.25) is 0 Å². The number of benzene rings is 1. The lowest BCUT2D eigenvalue weighted by molar-refractivity contribution is 0.616. The lowest BCUT2D eigenvalue weighted by atomic mass is 10.3. The summed E-state index contributed by atoms with van der Waals surface area (Å²) in [7, 11) is 0. The Labute approximate surface area is 72.0 Å². The first-order valence-corrected chi connectivity index (χ1v) is 4.39. The minimum Gasteiger partial charge on any atom is -0.206 e. The van der Waals surface area contributed by atoms with Crippen molar-refractivity contribution in [2.24, 2.45) is 0 Å². The molecule has 0 atom stereocenters. The molecule has 0 aliphatic rings. The molecule has 1 aromatic rings. The van der Waals surface area contributed by atoms with Crippen LogP contribution in [0.3, 0.4) is 0 Å². The van der Waals surface area contributed by atoms with Crippen LogP contribution in [0.4, 0.5) is 4.39 Å². The van der Waals surface area contributed by atoms with E-state index >= 15 is 0 Å². The molecule has 1 aromatic carbocycles. The van der Waals surface area contributed by atoms with E-state index in [4.69, 9.17) is 0 Å². The minimum atomic E-state index is -0.242. The summed E-state index contributed by atoms with van der Waals surface area (Å²) >= 11 is 4.38. The Bertz CT molecular complexity index is 237. The van der Waals surface area contributed by atoms with E-state index in [0.29, 0.717) is 4.47 Å². The van der Waals surface area contributed by atoms with Gasteiger partial charge in [-0.15, -0.1) is 11.8 Å². The molecule has 0 spiro atoms. The number of rotatable bonds is 1. The van der Waals surface area contributed by atoms with Gasteiger partial charge in [0, 0.05) is 11.2 Å². The predicted octanol–water partition coefficient (Wildman–Crippen LogP) is 3.47. The number of thioether (sulfide) groups is 1. The molecule has 0 N–H and O–H groups in total. The van der Waals surface area contributed by atoms with Gasteiger partial charge >= 0.3 is 0 Å². The quantitative estimate of drug-likeness (QED) is 0.653. The van der Waals surface area contributed by atoms with E-state index in [1.54, 1.807) is 6.07 Å². The van der Waals surface area contributed by atoms with Crippen LogP contribution in [0.2, 0.25) is 0 Å². The number of hydrogen-bond acceptors (Lipinski definition) is 1. The third-order valence-electron chi connectivity index (χ3n) is 1.07. The summed E-state index contributed by atoms with van der Waals surface area (Å²) in [4.78, 5) is 0.819. The molecule has 0 unspecified atom stereocenters. The Balaban J connectivity index is 3.14. The van der Waals surface area contributed by atoms with Crippen LogP contribution in [0.1, 0.15) is 0 Å². The van der Waals surface area contributed by atoms with E-state index in [-0.39, 0.29) is 5.82 Å². The molecule has 0 saturated heterocycles. The van der Waals surface area contributed by atoms with Crippen molar-refractivity contribution in [2.75, 3.05) is 0 Å². The van der Waals surface area contributed by atoms with Crippen LogP contribution in [0.5, 0.6) is 0 Å². The first-order valence-electron chi connectivity index (χ1n) is 2.61. The highest BCUT2D eigenvalue weighted by Gasteiger charge is 2.01. The molecule has 3 heteroatoms. The molecule has 53 valence electrons. The van der Waals surface area contributed by atoms with Crippen LogP contribution in [0, 0.1) is 12.1 Å². The largest absolute Gasteiger partial charge is 0.206 e. The third kappa shape index (κ3) is 1.52. The Hall–Kier alpha value is -0.0200. The number of hydrogen-bond donors (Lipinski definition) is 0. The second kappa shape index (κ2) is 3.39. The van der Waals surface area contributed by atoms with Gasteiger partial charge in [-0.1, -0.05) is 6.07 Å². The average Bonchev–Trinajstić information content (AvgIpc) is 1.95. The smallest absolute Gasteiger partial charge is 0.138 e. The van der Waals surface area contributed by atoms with Gasteiger partial charge in [-0.2, -0.15) is 0 Å². The minimum absolute atomic E-state index is 0.242. The molecule has 0 heterocycles. The molecule has 10 heavy (non-hydrogen) atoms. The predicted molar refractivity (Wildman–Crippen MR) is 45.3 cm³/mol. The van der Waals surface area contributed by atoms with Gasteiger partial charge in [-0.3, -0.25) is 0 Å². The van der Waals surface area contributed by atoms with E-state index in [0.717, 1.165) is 4.90 Å². The molecule has 0 aliphatic heterocycles. The lowest BCUT2D eigenvalue weighted by Crippen LogP contribution is -1.77. The summed E-state index contributed by atoms with van der Waals surface area (Å²) in [5.41, 5.74) is 0. The average molecular weight is 220 g/mol. The fourth-order valence-corrected chi connectivity index (χ4v) is 1.60. The standard InChI is InChI=1S/C7H5BrFS/c1-10-6-4-2-3-5(9)7(6)8/h2-4H,1H2. The molecular weight excluding hydrogens is 215 g/mol. The van der Waals surface area contributed by atoms with Crippen LogP contribution in [-0.4, -0.2) is 0 Å². The summed E-state index contributed by atoms with van der Waals surface area (Å²) in [5.74, 6) is -0.242. The molecule has 0 aromatic heterocycles. The first kappa shape index (κ1) is 8.08. The molecule has 0 amide bonds. The van der Waals surface area contributed by atoms with Crippen LogP contribution in [-0.2, 0) is 0 Å². The van der Waals surface area contributed by atoms with Crippen molar-refractivity contribution in [3.63, 3.8) is 0 Å². The molecule has 1 radical (unpaired) electrons. The third-order valence-corrected chi connectivity index (χ3v) is 2.79. The van der Waals surface area contributed by atoms with E-state index in [1.807, 2.05) is 6.07 Å². The fourth-order valence-electron chi connectivity index (χ4n) is 0.595. The highest BCUT2D eigenvalue weighted by Crippen LogP contribution is 2.28. The zero-order valence-corrected chi connectivity index (χ0v) is 7.51. The lowest BCUT2D eigenvalue weighted by Gasteiger charge is -1.98. The Kier molecular flexibility index (Phi) is 2.74. The van der Waals surface area contributed by atoms with E-state index in [1.165, 1.54) is 17.8 Å². The van der Waals surface area contributed by atoms with Gasteiger partial charge in [-0.05, 0) is 28.1 Å². The Morgan fingerprint density at radius 1 is 1.50 bits per heavy atom. The molecule has 0 saturated carbocycles. The molecular formula is C7H5BrFS. The fraction of sp³-hybridized carbons (Fsp3) is 0. The van der Waals surface area contributed by atoms with Crippen molar-refractivity contribution < 1.29 is 4.39 Å². The van der Waals surface area contributed by atoms with Gasteiger partial charge in [0.05, 0.1) is 4.47 Å². The summed E-state index contributed by atoms with van der Waals surface area (Å²) in [6, 6.07) is 4.88. The SMILES string of the molecule is [CH2]Sc1cccc(F)c1Br. The normalized spacial score (nSPS) is 9.90. The molecule has 0 aliphatic carbocycles. The van der Waals surface area contributed by atoms with Crippen LogP contribution in [0.25, 0.3) is 0 Å². The van der Waals surface area contributed by atoms with Gasteiger partial charge in [-0.25, -0.2) is 4.39 Å². The summed E-state index contributed by atoms with van der Waals surface area (Å²) in [6.45, 7) is 0. The van der Waals surface area contributed by atoms with Crippen molar-refractivity contribution >= 4 is 27.7 Å². The molecule has 0 nitrogen and oxygen atoms in total. The van der Waals surface area contributed by atoms with Gasteiger partial charge < -0.3 is 0 Å². The zero-order valence-electron chi connectivity index (χ0n) is 5.10. The summed E-state index contributed by atoms with van der Waals surface area (Å²) in [5, 5.41) is 0. The number of halogens is 2. The van der Waals surface area contributed by atoms with Crippen molar-refractivity contribution in [2.45, 2.75) is 4.90 Å². The zero-order chi connectivity index (χ0) is 7.56. The van der Waals surface area contributed by atoms with Crippen molar-refractivity contribution in [3.8, 4) is 0 Å². The van der Waals surface area contributed by atoms with Crippen LogP contribution in [0.15, 0.2) is 27.6 Å². The van der Waals surface area contributed by atoms with Crippen LogP contribution >= 0.6 is 27.7 Å². The van der Waals surface area contributed by atoms with E-state index < -0.39 is 0 Å². The van der Waals surface area contributed by atoms with Gasteiger partial charge in [0.1, 0.15) is 5.82 Å². The Morgan fingerprint density at radius 2 is 2.20 bits per heavy atom. The topological polar surface area (TPSA) is 0 Å². The van der Waals surface area contributed by atoms with Crippen LogP contribution < -0.4 is 0 Å². The second-order valence-electron chi connectivity index (χ2n) is 1.70.